The number of nitrogens with zero attached hydrogens (tertiary/aromatic N) is 3. The molecule has 29 heavy (non-hydrogen) atoms. The molecule has 1 spiro atoms. The molecule has 1 aromatic rings. The number of hydrogen-bond donors (Lipinski definition) is 2. The predicted molar refractivity (Wildman–Crippen MR) is 112 cm³/mol. The van der Waals surface area contributed by atoms with Gasteiger partial charge in [-0.2, -0.15) is 0 Å². The average Bonchev–Trinajstić information content (AvgIpc) is 3.50. The molecule has 2 aliphatic carbocycles. The van der Waals surface area contributed by atoms with E-state index in [0.29, 0.717) is 38.3 Å². The number of likely N-dealkylation sites (tertiary alicyclic amines) is 1. The van der Waals surface area contributed by atoms with E-state index in [1.54, 1.807) is 0 Å². The van der Waals surface area contributed by atoms with Gasteiger partial charge in [0.1, 0.15) is 0 Å². The molecule has 2 aliphatic heterocycles. The van der Waals surface area contributed by atoms with E-state index in [1.165, 1.54) is 12.8 Å². The average molecular weight is 424 g/mol. The summed E-state index contributed by atoms with van der Waals surface area (Å²) >= 11 is 0. The lowest BCUT2D eigenvalue weighted by Crippen LogP contribution is -2.50. The topological polar surface area (TPSA) is 90.6 Å². The summed E-state index contributed by atoms with van der Waals surface area (Å²) in [5, 5.41) is 3.33. The molecule has 1 saturated carbocycles. The normalized spacial score (nSPS) is 26.3. The molecule has 9 heteroatoms. The highest BCUT2D eigenvalue weighted by atomic mass is 35.5. The Bertz CT molecular complexity index is 821. The Morgan fingerprint density at radius 1 is 1.24 bits per heavy atom. The van der Waals surface area contributed by atoms with Crippen molar-refractivity contribution < 1.29 is 9.53 Å². The van der Waals surface area contributed by atoms with Crippen molar-refractivity contribution >= 4 is 24.3 Å². The maximum Gasteiger partial charge on any atom is 0.255 e. The van der Waals surface area contributed by atoms with E-state index in [2.05, 4.69) is 15.2 Å². The third-order valence-corrected chi connectivity index (χ3v) is 6.72. The van der Waals surface area contributed by atoms with Gasteiger partial charge >= 0.3 is 0 Å². The van der Waals surface area contributed by atoms with Crippen molar-refractivity contribution in [2.24, 2.45) is 0 Å². The summed E-state index contributed by atoms with van der Waals surface area (Å²) in [4.78, 5) is 37.5. The Kier molecular flexibility index (Phi) is 5.86. The number of H-pyrrole nitrogens is 1. The first-order valence-electron chi connectivity index (χ1n) is 10.6. The van der Waals surface area contributed by atoms with E-state index >= 15 is 0 Å². The van der Waals surface area contributed by atoms with Crippen LogP contribution < -0.4 is 15.8 Å². The minimum Gasteiger partial charge on any atom is -0.378 e. The van der Waals surface area contributed by atoms with Crippen LogP contribution in [0, 0.1) is 0 Å². The second-order valence-corrected chi connectivity index (χ2v) is 8.67. The second kappa shape index (κ2) is 8.24. The van der Waals surface area contributed by atoms with Crippen LogP contribution in [-0.4, -0.2) is 72.8 Å². The number of aromatic nitrogens is 2. The van der Waals surface area contributed by atoms with Crippen molar-refractivity contribution in [3.63, 3.8) is 0 Å². The molecule has 160 valence electrons. The molecule has 2 saturated heterocycles. The summed E-state index contributed by atoms with van der Waals surface area (Å²) in [5.41, 5.74) is 1.58. The fourth-order valence-electron chi connectivity index (χ4n) is 4.94. The van der Waals surface area contributed by atoms with Gasteiger partial charge in [0, 0.05) is 43.2 Å². The highest BCUT2D eigenvalue weighted by Gasteiger charge is 2.46. The highest BCUT2D eigenvalue weighted by Crippen LogP contribution is 2.43. The fourth-order valence-corrected chi connectivity index (χ4v) is 4.94. The zero-order chi connectivity index (χ0) is 19.1. The number of amides is 1. The number of hydrogen-bond acceptors (Lipinski definition) is 6. The number of rotatable bonds is 4. The lowest BCUT2D eigenvalue weighted by molar-refractivity contribution is -0.132. The smallest absolute Gasteiger partial charge is 0.255 e. The van der Waals surface area contributed by atoms with Gasteiger partial charge in [-0.3, -0.25) is 14.6 Å². The van der Waals surface area contributed by atoms with Gasteiger partial charge in [0.25, 0.3) is 5.56 Å². The van der Waals surface area contributed by atoms with E-state index in [-0.39, 0.29) is 29.3 Å². The van der Waals surface area contributed by atoms with Crippen molar-refractivity contribution in [1.29, 1.82) is 0 Å². The number of anilines is 1. The molecule has 8 nitrogen and oxygen atoms in total. The van der Waals surface area contributed by atoms with E-state index in [1.807, 2.05) is 4.90 Å². The molecule has 1 aromatic heterocycles. The number of aromatic amines is 1. The highest BCUT2D eigenvalue weighted by molar-refractivity contribution is 5.85. The number of nitrogens with one attached hydrogen (secondary N) is 2. The quantitative estimate of drug-likeness (QED) is 0.736. The van der Waals surface area contributed by atoms with Gasteiger partial charge in [0.05, 0.1) is 25.5 Å². The van der Waals surface area contributed by atoms with Crippen LogP contribution >= 0.6 is 12.4 Å². The van der Waals surface area contributed by atoms with Crippen LogP contribution in [-0.2, 0) is 21.4 Å². The van der Waals surface area contributed by atoms with Crippen LogP contribution in [0.1, 0.15) is 43.4 Å². The Balaban J connectivity index is 0.00000205. The summed E-state index contributed by atoms with van der Waals surface area (Å²) in [7, 11) is 0. The van der Waals surface area contributed by atoms with Crippen LogP contribution in [0.15, 0.2) is 4.79 Å². The van der Waals surface area contributed by atoms with Crippen molar-refractivity contribution in [3.05, 3.63) is 21.6 Å². The molecule has 4 aliphatic rings. The third-order valence-electron chi connectivity index (χ3n) is 6.72. The summed E-state index contributed by atoms with van der Waals surface area (Å²) in [6.07, 6.45) is 5.99. The summed E-state index contributed by atoms with van der Waals surface area (Å²) in [6.45, 7) is 4.71. The second-order valence-electron chi connectivity index (χ2n) is 8.67. The largest absolute Gasteiger partial charge is 0.378 e. The van der Waals surface area contributed by atoms with Crippen LogP contribution in [0.4, 0.5) is 5.95 Å². The van der Waals surface area contributed by atoms with Crippen molar-refractivity contribution in [2.45, 2.75) is 50.0 Å². The van der Waals surface area contributed by atoms with E-state index in [4.69, 9.17) is 9.72 Å². The first-order chi connectivity index (χ1) is 13.6. The SMILES string of the molecule is Cl.O=C(CNC1CC1)N1CCCC2(CCc3c2nc(N2CCOCC2)[nH]c3=O)C1. The van der Waals surface area contributed by atoms with E-state index in [9.17, 15) is 9.59 Å². The first-order valence-corrected chi connectivity index (χ1v) is 10.6. The lowest BCUT2D eigenvalue weighted by Gasteiger charge is -2.41. The number of morpholine rings is 1. The van der Waals surface area contributed by atoms with Gasteiger partial charge < -0.3 is 19.9 Å². The Morgan fingerprint density at radius 2 is 2.03 bits per heavy atom. The molecular weight excluding hydrogens is 394 g/mol. The standard InChI is InChI=1S/C20H29N5O3.ClH/c26-16(12-21-14-2-3-14)25-7-1-5-20(13-25)6-4-15-17(20)22-19(23-18(15)27)24-8-10-28-11-9-24;/h14,21H,1-13H2,(H,22,23,27);1H. The van der Waals surface area contributed by atoms with Crippen LogP contribution in [0.25, 0.3) is 0 Å². The van der Waals surface area contributed by atoms with E-state index < -0.39 is 0 Å². The van der Waals surface area contributed by atoms with Crippen molar-refractivity contribution in [2.75, 3.05) is 50.8 Å². The first kappa shape index (κ1) is 20.6. The molecule has 0 aromatic carbocycles. The molecule has 5 rings (SSSR count). The third kappa shape index (κ3) is 4.02. The molecule has 2 N–H and O–H groups in total. The lowest BCUT2D eigenvalue weighted by atomic mass is 9.77. The molecule has 3 heterocycles. The van der Waals surface area contributed by atoms with Crippen molar-refractivity contribution in [3.8, 4) is 0 Å². The number of fused-ring (bicyclic) bond motifs is 2. The minimum atomic E-state index is -0.169. The number of carbonyl (C=O) groups excluding carboxylic acids is 1. The van der Waals surface area contributed by atoms with Crippen molar-refractivity contribution in [1.82, 2.24) is 20.2 Å². The molecule has 1 amide bonds. The van der Waals surface area contributed by atoms with Crippen LogP contribution in [0.3, 0.4) is 0 Å². The van der Waals surface area contributed by atoms with Gasteiger partial charge in [-0.1, -0.05) is 0 Å². The van der Waals surface area contributed by atoms with Gasteiger partial charge in [-0.05, 0) is 38.5 Å². The zero-order valence-corrected chi connectivity index (χ0v) is 17.6. The zero-order valence-electron chi connectivity index (χ0n) is 16.7. The Morgan fingerprint density at radius 3 is 2.79 bits per heavy atom. The number of halogens is 1. The van der Waals surface area contributed by atoms with Gasteiger partial charge in [-0.15, -0.1) is 12.4 Å². The Hall–Kier alpha value is -1.64. The van der Waals surface area contributed by atoms with E-state index in [0.717, 1.165) is 56.6 Å². The fraction of sp³-hybridized carbons (Fsp3) is 0.750. The number of ether oxygens (including phenoxy) is 1. The van der Waals surface area contributed by atoms with Gasteiger partial charge in [-0.25, -0.2) is 4.98 Å². The summed E-state index contributed by atoms with van der Waals surface area (Å²) in [5.74, 6) is 0.838. The van der Waals surface area contributed by atoms with Gasteiger partial charge in [0.2, 0.25) is 11.9 Å². The maximum atomic E-state index is 12.8. The monoisotopic (exact) mass is 423 g/mol. The predicted octanol–water partition coefficient (Wildman–Crippen LogP) is 0.587. The number of piperidine rings is 1. The molecule has 0 bridgehead atoms. The van der Waals surface area contributed by atoms with Crippen LogP contribution in [0.5, 0.6) is 0 Å². The molecule has 0 radical (unpaired) electrons. The molecule has 1 unspecified atom stereocenters. The maximum absolute atomic E-state index is 12.8. The molecule has 3 fully saturated rings. The summed E-state index contributed by atoms with van der Waals surface area (Å²) < 4.78 is 5.43. The Labute approximate surface area is 176 Å². The van der Waals surface area contributed by atoms with Crippen LogP contribution in [0.2, 0.25) is 0 Å². The molecular formula is C20H30ClN5O3. The molecule has 1 atom stereocenters. The van der Waals surface area contributed by atoms with Gasteiger partial charge in [0.15, 0.2) is 0 Å². The summed E-state index contributed by atoms with van der Waals surface area (Å²) in [6, 6.07) is 0.534. The number of carbonyl (C=O) groups is 1. The minimum absolute atomic E-state index is 0.